The predicted molar refractivity (Wildman–Crippen MR) is 124 cm³/mol. The maximum atomic E-state index is 13.4. The minimum atomic E-state index is -3.78. The molecule has 5 rings (SSSR count). The van der Waals surface area contributed by atoms with Gasteiger partial charge in [-0.2, -0.15) is 9.57 Å². The number of anilines is 1. The first kappa shape index (κ1) is 22.2. The van der Waals surface area contributed by atoms with Gasteiger partial charge in [0, 0.05) is 44.1 Å². The third-order valence-electron chi connectivity index (χ3n) is 5.70. The van der Waals surface area contributed by atoms with E-state index in [1.165, 1.54) is 16.7 Å². The molecule has 4 heterocycles. The highest BCUT2D eigenvalue weighted by molar-refractivity contribution is 7.89. The summed E-state index contributed by atoms with van der Waals surface area (Å²) in [4.78, 5) is 17.9. The summed E-state index contributed by atoms with van der Waals surface area (Å²) in [6.45, 7) is 1.38. The van der Waals surface area contributed by atoms with Gasteiger partial charge in [-0.15, -0.1) is 0 Å². The van der Waals surface area contributed by atoms with Crippen LogP contribution in [0.3, 0.4) is 0 Å². The van der Waals surface area contributed by atoms with Crippen LogP contribution in [-0.4, -0.2) is 58.8 Å². The van der Waals surface area contributed by atoms with Crippen molar-refractivity contribution in [1.82, 2.24) is 24.2 Å². The summed E-state index contributed by atoms with van der Waals surface area (Å²) in [5.41, 5.74) is 2.37. The molecule has 12 heteroatoms. The van der Waals surface area contributed by atoms with Crippen molar-refractivity contribution in [2.24, 2.45) is 0 Å². The molecule has 0 aliphatic carbocycles. The predicted octanol–water partition coefficient (Wildman–Crippen LogP) is 3.19. The van der Waals surface area contributed by atoms with Gasteiger partial charge in [-0.05, 0) is 30.3 Å². The minimum absolute atomic E-state index is 0.0347. The maximum absolute atomic E-state index is 13.4. The maximum Gasteiger partial charge on any atom is 0.243 e. The Balaban J connectivity index is 1.32. The first-order chi connectivity index (χ1) is 16.4. The van der Waals surface area contributed by atoms with Gasteiger partial charge >= 0.3 is 0 Å². The van der Waals surface area contributed by atoms with Crippen LogP contribution >= 0.6 is 11.6 Å². The van der Waals surface area contributed by atoms with E-state index in [1.807, 2.05) is 17.0 Å². The van der Waals surface area contributed by atoms with Crippen LogP contribution in [-0.2, 0) is 10.0 Å². The lowest BCUT2D eigenvalue weighted by molar-refractivity contribution is 0.384. The molecule has 0 amide bonds. The van der Waals surface area contributed by atoms with Gasteiger partial charge in [0.15, 0.2) is 0 Å². The molecular formula is C22H17ClFN7O2S. The highest BCUT2D eigenvalue weighted by Crippen LogP contribution is 2.29. The van der Waals surface area contributed by atoms with Crippen molar-refractivity contribution in [2.75, 3.05) is 31.1 Å². The second-order valence-corrected chi connectivity index (χ2v) is 9.98. The molecule has 4 aromatic rings. The average Bonchev–Trinajstić information content (AvgIpc) is 3.29. The Morgan fingerprint density at radius 2 is 1.88 bits per heavy atom. The molecule has 172 valence electrons. The third kappa shape index (κ3) is 3.86. The molecule has 3 aromatic heterocycles. The van der Waals surface area contributed by atoms with Gasteiger partial charge < -0.3 is 9.88 Å². The van der Waals surface area contributed by atoms with Crippen molar-refractivity contribution < 1.29 is 12.8 Å². The first-order valence-electron chi connectivity index (χ1n) is 10.3. The van der Waals surface area contributed by atoms with Crippen LogP contribution in [0, 0.1) is 17.1 Å². The Hall–Kier alpha value is -3.59. The number of piperazine rings is 1. The van der Waals surface area contributed by atoms with Gasteiger partial charge in [0.2, 0.25) is 10.0 Å². The van der Waals surface area contributed by atoms with Crippen LogP contribution in [0.1, 0.15) is 5.56 Å². The van der Waals surface area contributed by atoms with Crippen molar-refractivity contribution in [3.05, 3.63) is 65.5 Å². The number of nitrogens with one attached hydrogen (secondary N) is 1. The summed E-state index contributed by atoms with van der Waals surface area (Å²) in [7, 11) is -3.78. The largest absolute Gasteiger partial charge is 0.354 e. The van der Waals surface area contributed by atoms with Crippen LogP contribution in [0.4, 0.5) is 10.2 Å². The fourth-order valence-electron chi connectivity index (χ4n) is 3.93. The second-order valence-electron chi connectivity index (χ2n) is 7.63. The van der Waals surface area contributed by atoms with Gasteiger partial charge in [-0.3, -0.25) is 0 Å². The van der Waals surface area contributed by atoms with Crippen LogP contribution < -0.4 is 4.90 Å². The molecule has 0 spiro atoms. The van der Waals surface area contributed by atoms with Gasteiger partial charge in [-0.25, -0.2) is 27.8 Å². The summed E-state index contributed by atoms with van der Waals surface area (Å²) in [5, 5.41) is 9.78. The number of aromatic nitrogens is 4. The second kappa shape index (κ2) is 8.64. The van der Waals surface area contributed by atoms with E-state index >= 15 is 0 Å². The molecule has 0 unspecified atom stereocenters. The van der Waals surface area contributed by atoms with E-state index in [2.05, 4.69) is 26.0 Å². The van der Waals surface area contributed by atoms with Crippen molar-refractivity contribution in [3.63, 3.8) is 0 Å². The molecule has 0 atom stereocenters. The van der Waals surface area contributed by atoms with Crippen LogP contribution in [0.5, 0.6) is 0 Å². The summed E-state index contributed by atoms with van der Waals surface area (Å²) in [6, 6.07) is 9.24. The highest BCUT2D eigenvalue weighted by atomic mass is 35.5. The highest BCUT2D eigenvalue weighted by Gasteiger charge is 2.29. The summed E-state index contributed by atoms with van der Waals surface area (Å²) in [5.74, 6) is 0.0357. The lowest BCUT2D eigenvalue weighted by Gasteiger charge is -2.34. The number of sulfonamides is 1. The fraction of sp³-hybridized carbons (Fsp3) is 0.182. The average molecular weight is 498 g/mol. The molecule has 1 fully saturated rings. The minimum Gasteiger partial charge on any atom is -0.354 e. The molecule has 1 aromatic carbocycles. The van der Waals surface area contributed by atoms with E-state index in [1.54, 1.807) is 12.4 Å². The van der Waals surface area contributed by atoms with Crippen molar-refractivity contribution >= 4 is 38.5 Å². The molecule has 0 bridgehead atoms. The molecule has 1 aliphatic rings. The van der Waals surface area contributed by atoms with E-state index in [0.29, 0.717) is 41.2 Å². The number of rotatable bonds is 4. The molecule has 0 radical (unpaired) electrons. The van der Waals surface area contributed by atoms with E-state index in [9.17, 15) is 18.1 Å². The molecule has 1 N–H and O–H groups in total. The Morgan fingerprint density at radius 3 is 2.56 bits per heavy atom. The number of pyridine rings is 1. The first-order valence-corrected chi connectivity index (χ1v) is 12.1. The number of aromatic amines is 1. The zero-order valence-electron chi connectivity index (χ0n) is 17.6. The van der Waals surface area contributed by atoms with Crippen molar-refractivity contribution in [1.29, 1.82) is 5.26 Å². The van der Waals surface area contributed by atoms with Crippen LogP contribution in [0.15, 0.2) is 53.9 Å². The van der Waals surface area contributed by atoms with Crippen LogP contribution in [0.2, 0.25) is 5.02 Å². The van der Waals surface area contributed by atoms with Gasteiger partial charge in [0.25, 0.3) is 0 Å². The lowest BCUT2D eigenvalue weighted by atomic mass is 10.1. The lowest BCUT2D eigenvalue weighted by Crippen LogP contribution is -2.48. The fourth-order valence-corrected chi connectivity index (χ4v) is 5.62. The zero-order valence-corrected chi connectivity index (χ0v) is 19.2. The van der Waals surface area contributed by atoms with E-state index in [4.69, 9.17) is 11.6 Å². The number of nitriles is 1. The number of fused-ring (bicyclic) bond motifs is 1. The molecule has 9 nitrogen and oxygen atoms in total. The Bertz CT molecular complexity index is 1530. The third-order valence-corrected chi connectivity index (χ3v) is 7.89. The van der Waals surface area contributed by atoms with Crippen LogP contribution in [0.25, 0.3) is 22.3 Å². The Kier molecular flexibility index (Phi) is 5.65. The summed E-state index contributed by atoms with van der Waals surface area (Å²) < 4.78 is 40.6. The van der Waals surface area contributed by atoms with Crippen molar-refractivity contribution in [2.45, 2.75) is 4.90 Å². The van der Waals surface area contributed by atoms with E-state index in [-0.39, 0.29) is 23.0 Å². The Morgan fingerprint density at radius 1 is 1.09 bits per heavy atom. The molecular weight excluding hydrogens is 481 g/mol. The normalized spacial score (nSPS) is 14.9. The number of hydrogen-bond acceptors (Lipinski definition) is 7. The van der Waals surface area contributed by atoms with Gasteiger partial charge in [0.1, 0.15) is 29.7 Å². The van der Waals surface area contributed by atoms with Gasteiger partial charge in [-0.1, -0.05) is 11.6 Å². The summed E-state index contributed by atoms with van der Waals surface area (Å²) >= 11 is 5.76. The monoisotopic (exact) mass is 497 g/mol. The number of benzene rings is 1. The molecule has 34 heavy (non-hydrogen) atoms. The molecule has 1 saturated heterocycles. The quantitative estimate of drug-likeness (QED) is 0.460. The standard InChI is InChI=1S/C22H17ClFN7O2S/c23-17-9-16(2-3-18(17)24)34(32,33)31-7-5-30(6-8-31)19-4-1-14(11-26-19)21-20-15(10-25)12-27-22(20)29-13-28-21/h1-4,9,11-13H,5-8H2,(H,27,28,29). The van der Waals surface area contributed by atoms with E-state index in [0.717, 1.165) is 17.7 Å². The summed E-state index contributed by atoms with van der Waals surface area (Å²) in [6.07, 6.45) is 4.70. The Labute approximate surface area is 199 Å². The number of halogens is 2. The number of nitrogens with zero attached hydrogens (tertiary/aromatic N) is 6. The topological polar surface area (TPSA) is 119 Å². The number of H-pyrrole nitrogens is 1. The number of hydrogen-bond donors (Lipinski definition) is 1. The van der Waals surface area contributed by atoms with Gasteiger partial charge in [0.05, 0.1) is 26.6 Å². The molecule has 1 aliphatic heterocycles. The smallest absolute Gasteiger partial charge is 0.243 e. The van der Waals surface area contributed by atoms with Crippen molar-refractivity contribution in [3.8, 4) is 17.3 Å². The zero-order chi connectivity index (χ0) is 23.9. The SMILES string of the molecule is N#Cc1c[nH]c2ncnc(-c3ccc(N4CCN(S(=O)(=O)c5ccc(F)c(Cl)c5)CC4)nc3)c12. The molecule has 0 saturated carbocycles. The van der Waals surface area contributed by atoms with E-state index < -0.39 is 15.8 Å².